The molecule has 37 heavy (non-hydrogen) atoms. The van der Waals surface area contributed by atoms with Crippen LogP contribution in [0.5, 0.6) is 0 Å². The summed E-state index contributed by atoms with van der Waals surface area (Å²) >= 11 is 0. The Bertz CT molecular complexity index is 1040. The first-order chi connectivity index (χ1) is 17.5. The van der Waals surface area contributed by atoms with Gasteiger partial charge in [0.2, 0.25) is 0 Å². The van der Waals surface area contributed by atoms with E-state index in [1.165, 1.54) is 17.6 Å². The Morgan fingerprint density at radius 3 is 2.57 bits per heavy atom. The van der Waals surface area contributed by atoms with Crippen molar-refractivity contribution in [2.45, 2.75) is 96.6 Å². The van der Waals surface area contributed by atoms with Crippen molar-refractivity contribution < 1.29 is 29.1 Å². The van der Waals surface area contributed by atoms with Crippen molar-refractivity contribution in [2.75, 3.05) is 20.3 Å². The molecule has 0 aromatic heterocycles. The fourth-order valence-corrected chi connectivity index (χ4v) is 8.94. The van der Waals surface area contributed by atoms with Gasteiger partial charge in [-0.1, -0.05) is 24.6 Å². The second-order valence-electron chi connectivity index (χ2n) is 12.5. The van der Waals surface area contributed by atoms with Gasteiger partial charge < -0.3 is 19.6 Å². The van der Waals surface area contributed by atoms with Crippen LogP contribution < -0.4 is 0 Å². The molecule has 1 saturated heterocycles. The summed E-state index contributed by atoms with van der Waals surface area (Å²) in [6.45, 7) is 6.47. The average Bonchev–Trinajstić information content (AvgIpc) is 3.47. The van der Waals surface area contributed by atoms with Gasteiger partial charge in [0, 0.05) is 12.0 Å². The molecule has 5 aliphatic rings. The molecule has 7 atom stereocenters. The summed E-state index contributed by atoms with van der Waals surface area (Å²) < 4.78 is 4.82. The second kappa shape index (κ2) is 9.51. The number of amides is 1. The quantitative estimate of drug-likeness (QED) is 0.442. The zero-order valence-electron chi connectivity index (χ0n) is 22.8. The third-order valence-corrected chi connectivity index (χ3v) is 11.1. The predicted molar refractivity (Wildman–Crippen MR) is 137 cm³/mol. The van der Waals surface area contributed by atoms with Crippen LogP contribution in [0.3, 0.4) is 0 Å². The zero-order valence-corrected chi connectivity index (χ0v) is 22.8. The first kappa shape index (κ1) is 26.4. The Morgan fingerprint density at radius 1 is 1.08 bits per heavy atom. The van der Waals surface area contributed by atoms with Crippen molar-refractivity contribution in [1.82, 2.24) is 4.90 Å². The molecule has 4 aliphatic carbocycles. The van der Waals surface area contributed by atoms with E-state index in [0.29, 0.717) is 37.1 Å². The lowest BCUT2D eigenvalue weighted by Crippen LogP contribution is -2.57. The standard InChI is InChI=1S/C29H42N2O6/c1-18(32)29(35)14-11-23-21-8-7-19-16-20(9-12-27(19,2)22(21)10-13-28(23,29)3)30-37-17-25(33)31-15-5-6-24(31)26(34)36-4/h16,21-24,35H,5-15,17H2,1-4H3/b30-20+/t21-,22+,23-,24+,27-,28-,29-/m0/s1. The Balaban J connectivity index is 1.25. The van der Waals surface area contributed by atoms with E-state index in [2.05, 4.69) is 25.1 Å². The van der Waals surface area contributed by atoms with E-state index in [1.54, 1.807) is 6.92 Å². The second-order valence-corrected chi connectivity index (χ2v) is 12.5. The summed E-state index contributed by atoms with van der Waals surface area (Å²) in [6, 6.07) is -0.523. The highest BCUT2D eigenvalue weighted by molar-refractivity contribution is 5.96. The summed E-state index contributed by atoms with van der Waals surface area (Å²) in [5, 5.41) is 15.7. The highest BCUT2D eigenvalue weighted by Gasteiger charge is 2.65. The number of nitrogens with zero attached hydrogens (tertiary/aromatic N) is 2. The van der Waals surface area contributed by atoms with Gasteiger partial charge in [0.25, 0.3) is 5.91 Å². The summed E-state index contributed by atoms with van der Waals surface area (Å²) in [5.74, 6) is 0.789. The van der Waals surface area contributed by atoms with Crippen molar-refractivity contribution in [3.8, 4) is 0 Å². The van der Waals surface area contributed by atoms with Crippen LogP contribution in [0.2, 0.25) is 0 Å². The largest absolute Gasteiger partial charge is 0.467 e. The van der Waals surface area contributed by atoms with Crippen LogP contribution in [0.4, 0.5) is 0 Å². The molecule has 3 saturated carbocycles. The van der Waals surface area contributed by atoms with Crippen LogP contribution in [-0.2, 0) is 24.0 Å². The van der Waals surface area contributed by atoms with E-state index in [9.17, 15) is 19.5 Å². The van der Waals surface area contributed by atoms with E-state index in [-0.39, 0.29) is 35.1 Å². The topological polar surface area (TPSA) is 106 Å². The minimum Gasteiger partial charge on any atom is -0.467 e. The number of esters is 1. The molecule has 0 aromatic rings. The molecule has 0 unspecified atom stereocenters. The van der Waals surface area contributed by atoms with Crippen LogP contribution in [-0.4, -0.2) is 65.3 Å². The van der Waals surface area contributed by atoms with Crippen molar-refractivity contribution in [3.05, 3.63) is 11.6 Å². The molecule has 1 aliphatic heterocycles. The smallest absolute Gasteiger partial charge is 0.328 e. The van der Waals surface area contributed by atoms with Crippen molar-refractivity contribution in [1.29, 1.82) is 0 Å². The number of ether oxygens (including phenoxy) is 1. The van der Waals surface area contributed by atoms with Gasteiger partial charge in [0.05, 0.1) is 12.8 Å². The van der Waals surface area contributed by atoms with Crippen molar-refractivity contribution >= 4 is 23.4 Å². The summed E-state index contributed by atoms with van der Waals surface area (Å²) in [5.41, 5.74) is 0.896. The number of rotatable bonds is 5. The van der Waals surface area contributed by atoms with Gasteiger partial charge in [-0.2, -0.15) is 0 Å². The summed E-state index contributed by atoms with van der Waals surface area (Å²) in [7, 11) is 1.34. The molecule has 204 valence electrons. The number of likely N-dealkylation sites (tertiary alicyclic amines) is 1. The van der Waals surface area contributed by atoms with E-state index < -0.39 is 11.6 Å². The van der Waals surface area contributed by atoms with Gasteiger partial charge in [-0.05, 0) is 100 Å². The van der Waals surface area contributed by atoms with Gasteiger partial charge in [-0.3, -0.25) is 9.59 Å². The Kier molecular flexibility index (Phi) is 6.78. The lowest BCUT2D eigenvalue weighted by atomic mass is 9.46. The maximum absolute atomic E-state index is 12.6. The number of hydrogen-bond donors (Lipinski definition) is 1. The van der Waals surface area contributed by atoms with Crippen LogP contribution in [0.15, 0.2) is 16.8 Å². The number of allylic oxidation sites excluding steroid dienone is 2. The van der Waals surface area contributed by atoms with Crippen LogP contribution in [0.1, 0.15) is 85.0 Å². The van der Waals surface area contributed by atoms with Gasteiger partial charge in [0.1, 0.15) is 11.6 Å². The van der Waals surface area contributed by atoms with E-state index in [4.69, 9.17) is 9.57 Å². The number of fused-ring (bicyclic) bond motifs is 5. The fraction of sp³-hybridized carbons (Fsp3) is 0.793. The van der Waals surface area contributed by atoms with Gasteiger partial charge in [-0.25, -0.2) is 4.79 Å². The number of carbonyl (C=O) groups is 3. The zero-order chi connectivity index (χ0) is 26.6. The maximum atomic E-state index is 12.6. The number of oxime groups is 1. The monoisotopic (exact) mass is 514 g/mol. The Hall–Kier alpha value is -2.22. The molecule has 1 heterocycles. The molecular weight excluding hydrogens is 472 g/mol. The minimum atomic E-state index is -1.17. The Morgan fingerprint density at radius 2 is 1.84 bits per heavy atom. The average molecular weight is 515 g/mol. The summed E-state index contributed by atoms with van der Waals surface area (Å²) in [4.78, 5) is 44.0. The maximum Gasteiger partial charge on any atom is 0.328 e. The first-order valence-electron chi connectivity index (χ1n) is 14.1. The molecule has 0 radical (unpaired) electrons. The molecule has 0 spiro atoms. The molecule has 0 bridgehead atoms. The molecule has 0 aromatic carbocycles. The van der Waals surface area contributed by atoms with E-state index in [1.807, 2.05) is 0 Å². The lowest BCUT2D eigenvalue weighted by molar-refractivity contribution is -0.159. The molecule has 4 fully saturated rings. The first-order valence-corrected chi connectivity index (χ1v) is 14.1. The fourth-order valence-electron chi connectivity index (χ4n) is 8.94. The van der Waals surface area contributed by atoms with E-state index >= 15 is 0 Å². The number of hydrogen-bond acceptors (Lipinski definition) is 7. The molecule has 1 amide bonds. The van der Waals surface area contributed by atoms with Crippen LogP contribution in [0, 0.1) is 28.6 Å². The summed E-state index contributed by atoms with van der Waals surface area (Å²) in [6.07, 6.45) is 10.9. The molecule has 8 heteroatoms. The highest BCUT2D eigenvalue weighted by atomic mass is 16.6. The molecular formula is C29H42N2O6. The van der Waals surface area contributed by atoms with Crippen molar-refractivity contribution in [3.63, 3.8) is 0 Å². The lowest BCUT2D eigenvalue weighted by Gasteiger charge is -2.59. The highest BCUT2D eigenvalue weighted by Crippen LogP contribution is 2.67. The molecule has 8 nitrogen and oxygen atoms in total. The number of carbonyl (C=O) groups excluding carboxylic acids is 3. The number of methoxy groups -OCH3 is 1. The van der Waals surface area contributed by atoms with Crippen LogP contribution in [0.25, 0.3) is 0 Å². The third-order valence-electron chi connectivity index (χ3n) is 11.1. The predicted octanol–water partition coefficient (Wildman–Crippen LogP) is 3.81. The number of aliphatic hydroxyl groups is 1. The molecule has 1 N–H and O–H groups in total. The number of Topliss-reactive ketones (excluding diaryl/α,β-unsaturated/α-hetero) is 1. The normalized spacial score (nSPS) is 41.9. The van der Waals surface area contributed by atoms with Gasteiger partial charge >= 0.3 is 5.97 Å². The van der Waals surface area contributed by atoms with Crippen LogP contribution >= 0.6 is 0 Å². The Labute approximate surface area is 219 Å². The van der Waals surface area contributed by atoms with Gasteiger partial charge in [0.15, 0.2) is 12.4 Å². The van der Waals surface area contributed by atoms with Crippen molar-refractivity contribution in [2.24, 2.45) is 33.7 Å². The third kappa shape index (κ3) is 4.05. The number of ketones is 1. The molecule has 5 rings (SSSR count). The SMILES string of the molecule is COC(=O)[C@H]1CCCN1C(=O)CO/N=C1/C=C2CC[C@H]3[C@@H](CC[C@@]4(C)[C@H]3CC[C@]4(O)C(C)=O)[C@@]2(C)CC1. The minimum absolute atomic E-state index is 0.0684. The van der Waals surface area contributed by atoms with Gasteiger partial charge in [-0.15, -0.1) is 0 Å². The van der Waals surface area contributed by atoms with E-state index in [0.717, 1.165) is 57.1 Å².